The number of ether oxygens (including phenoxy) is 1. The van der Waals surface area contributed by atoms with Gasteiger partial charge in [0.2, 0.25) is 0 Å². The summed E-state index contributed by atoms with van der Waals surface area (Å²) in [4.78, 5) is 13.7. The van der Waals surface area contributed by atoms with Gasteiger partial charge >= 0.3 is 5.97 Å². The van der Waals surface area contributed by atoms with Crippen molar-refractivity contribution >= 4 is 18.4 Å². The summed E-state index contributed by atoms with van der Waals surface area (Å²) >= 11 is 0. The second-order valence-electron chi connectivity index (χ2n) is 4.32. The van der Waals surface area contributed by atoms with Crippen LogP contribution in [0.1, 0.15) is 19.3 Å². The maximum atomic E-state index is 11.5. The lowest BCUT2D eigenvalue weighted by molar-refractivity contribution is -0.155. The number of piperidine rings is 1. The van der Waals surface area contributed by atoms with E-state index in [4.69, 9.17) is 4.74 Å². The third-order valence-electron chi connectivity index (χ3n) is 3.71. The van der Waals surface area contributed by atoms with E-state index in [2.05, 4.69) is 4.90 Å². The molecule has 2 aliphatic rings. The summed E-state index contributed by atoms with van der Waals surface area (Å²) in [5.41, 5.74) is 0. The van der Waals surface area contributed by atoms with E-state index in [1.807, 2.05) is 7.05 Å². The summed E-state index contributed by atoms with van der Waals surface area (Å²) in [5.74, 6) is -0.613. The minimum absolute atomic E-state index is 0. The molecule has 2 heterocycles. The maximum Gasteiger partial charge on any atom is 0.312 e. The van der Waals surface area contributed by atoms with Crippen molar-refractivity contribution in [1.29, 1.82) is 0 Å². The van der Waals surface area contributed by atoms with Crippen LogP contribution in [0.3, 0.4) is 0 Å². The van der Waals surface area contributed by atoms with Gasteiger partial charge in [-0.15, -0.1) is 12.4 Å². The van der Waals surface area contributed by atoms with Gasteiger partial charge in [-0.3, -0.25) is 9.69 Å². The van der Waals surface area contributed by atoms with Crippen LogP contribution in [0.15, 0.2) is 0 Å². The summed E-state index contributed by atoms with van der Waals surface area (Å²) in [5, 5.41) is 9.84. The van der Waals surface area contributed by atoms with E-state index in [1.165, 1.54) is 7.11 Å². The van der Waals surface area contributed by atoms with Crippen LogP contribution in [0, 0.1) is 5.92 Å². The zero-order valence-electron chi connectivity index (χ0n) is 9.05. The number of fused-ring (bicyclic) bond motifs is 2. The molecule has 0 unspecified atom stereocenters. The van der Waals surface area contributed by atoms with Crippen molar-refractivity contribution < 1.29 is 14.6 Å². The Kier molecular flexibility index (Phi) is 3.98. The summed E-state index contributed by atoms with van der Waals surface area (Å²) in [7, 11) is 3.42. The average Bonchev–Trinajstić information content (AvgIpc) is 2.42. The molecule has 0 saturated carbocycles. The van der Waals surface area contributed by atoms with Crippen molar-refractivity contribution in [1.82, 2.24) is 4.90 Å². The number of carbonyl (C=O) groups excluding carboxylic acids is 1. The third-order valence-corrected chi connectivity index (χ3v) is 3.71. The monoisotopic (exact) mass is 235 g/mol. The van der Waals surface area contributed by atoms with Gasteiger partial charge in [0.1, 0.15) is 0 Å². The van der Waals surface area contributed by atoms with Crippen molar-refractivity contribution in [3.63, 3.8) is 0 Å². The van der Waals surface area contributed by atoms with Gasteiger partial charge < -0.3 is 9.84 Å². The Morgan fingerprint density at radius 1 is 1.47 bits per heavy atom. The number of aliphatic hydroxyl groups excluding tert-OH is 1. The number of aliphatic hydroxyl groups is 1. The van der Waals surface area contributed by atoms with Gasteiger partial charge in [0.15, 0.2) is 0 Å². The van der Waals surface area contributed by atoms with Crippen LogP contribution in [0.25, 0.3) is 0 Å². The first-order chi connectivity index (χ1) is 6.65. The summed E-state index contributed by atoms with van der Waals surface area (Å²) in [6.07, 6.45) is 2.27. The Bertz CT molecular complexity index is 249. The second kappa shape index (κ2) is 4.68. The van der Waals surface area contributed by atoms with Crippen LogP contribution < -0.4 is 0 Å². The molecule has 0 spiro atoms. The standard InChI is InChI=1S/C10H17NO3.ClH/c1-11-6-3-4-7(11)9(8(12)5-6)10(13)14-2;/h6-9,12H,3-5H2,1-2H3;1H/t6-,7-,8-,9+;/m0./s1. The molecule has 0 aromatic heterocycles. The number of carbonyl (C=O) groups is 1. The highest BCUT2D eigenvalue weighted by Crippen LogP contribution is 2.38. The lowest BCUT2D eigenvalue weighted by Crippen LogP contribution is -2.52. The molecule has 0 aromatic rings. The number of esters is 1. The Balaban J connectivity index is 0.00000112. The first-order valence-corrected chi connectivity index (χ1v) is 5.13. The van der Waals surface area contributed by atoms with Gasteiger partial charge in [0.25, 0.3) is 0 Å². The summed E-state index contributed by atoms with van der Waals surface area (Å²) in [6, 6.07) is 0.632. The van der Waals surface area contributed by atoms with Gasteiger partial charge in [-0.25, -0.2) is 0 Å². The number of hydrogen-bond donors (Lipinski definition) is 1. The van der Waals surface area contributed by atoms with E-state index in [-0.39, 0.29) is 30.3 Å². The molecular weight excluding hydrogens is 218 g/mol. The van der Waals surface area contributed by atoms with Crippen molar-refractivity contribution in [3.8, 4) is 0 Å². The number of methoxy groups -OCH3 is 1. The molecule has 2 fully saturated rings. The molecule has 0 amide bonds. The van der Waals surface area contributed by atoms with E-state index >= 15 is 0 Å². The lowest BCUT2D eigenvalue weighted by atomic mass is 9.88. The molecule has 0 aliphatic carbocycles. The molecule has 4 atom stereocenters. The molecular formula is C10H18ClNO3. The van der Waals surface area contributed by atoms with Crippen LogP contribution in [0.4, 0.5) is 0 Å². The van der Waals surface area contributed by atoms with Gasteiger partial charge in [0.05, 0.1) is 19.1 Å². The van der Waals surface area contributed by atoms with Gasteiger partial charge in [0, 0.05) is 12.1 Å². The SMILES string of the molecule is COC(=O)[C@H]1[C@@H](O)C[C@@H]2CC[C@@H]1N2C.Cl. The molecule has 0 aromatic carbocycles. The molecule has 5 heteroatoms. The minimum atomic E-state index is -0.517. The van der Waals surface area contributed by atoms with Crippen LogP contribution in [0.2, 0.25) is 0 Å². The largest absolute Gasteiger partial charge is 0.469 e. The van der Waals surface area contributed by atoms with Gasteiger partial charge in [-0.05, 0) is 26.3 Å². The van der Waals surface area contributed by atoms with Crippen molar-refractivity contribution in [3.05, 3.63) is 0 Å². The predicted octanol–water partition coefficient (Wildman–Crippen LogP) is 0.425. The highest BCUT2D eigenvalue weighted by molar-refractivity contribution is 5.85. The number of nitrogens with zero attached hydrogens (tertiary/aromatic N) is 1. The molecule has 2 saturated heterocycles. The van der Waals surface area contributed by atoms with E-state index in [0.717, 1.165) is 12.8 Å². The minimum Gasteiger partial charge on any atom is -0.469 e. The number of hydrogen-bond acceptors (Lipinski definition) is 4. The van der Waals surface area contributed by atoms with E-state index in [9.17, 15) is 9.90 Å². The topological polar surface area (TPSA) is 49.8 Å². The molecule has 4 nitrogen and oxygen atoms in total. The zero-order chi connectivity index (χ0) is 10.3. The molecule has 2 aliphatic heterocycles. The van der Waals surface area contributed by atoms with Gasteiger partial charge in [-0.2, -0.15) is 0 Å². The Morgan fingerprint density at radius 2 is 2.13 bits per heavy atom. The van der Waals surface area contributed by atoms with Crippen LogP contribution in [-0.2, 0) is 9.53 Å². The zero-order valence-corrected chi connectivity index (χ0v) is 9.87. The molecule has 2 rings (SSSR count). The second-order valence-corrected chi connectivity index (χ2v) is 4.32. The molecule has 88 valence electrons. The van der Waals surface area contributed by atoms with Crippen molar-refractivity contribution in [2.75, 3.05) is 14.2 Å². The summed E-state index contributed by atoms with van der Waals surface area (Å²) in [6.45, 7) is 0. The molecule has 0 radical (unpaired) electrons. The quantitative estimate of drug-likeness (QED) is 0.670. The predicted molar refractivity (Wildman–Crippen MR) is 58.0 cm³/mol. The third kappa shape index (κ3) is 1.98. The van der Waals surface area contributed by atoms with Crippen molar-refractivity contribution in [2.45, 2.75) is 37.5 Å². The fraction of sp³-hybridized carbons (Fsp3) is 0.900. The van der Waals surface area contributed by atoms with Crippen LogP contribution in [0.5, 0.6) is 0 Å². The fourth-order valence-corrected chi connectivity index (χ4v) is 2.89. The Hall–Kier alpha value is -0.320. The van der Waals surface area contributed by atoms with E-state index in [0.29, 0.717) is 12.5 Å². The van der Waals surface area contributed by atoms with Gasteiger partial charge in [-0.1, -0.05) is 0 Å². The van der Waals surface area contributed by atoms with Crippen LogP contribution >= 0.6 is 12.4 Å². The average molecular weight is 236 g/mol. The Morgan fingerprint density at radius 3 is 2.73 bits per heavy atom. The number of rotatable bonds is 1. The number of halogens is 1. The lowest BCUT2D eigenvalue weighted by Gasteiger charge is -2.39. The molecule has 1 N–H and O–H groups in total. The highest BCUT2D eigenvalue weighted by Gasteiger charge is 2.48. The molecule has 2 bridgehead atoms. The smallest absolute Gasteiger partial charge is 0.312 e. The fourth-order valence-electron chi connectivity index (χ4n) is 2.89. The molecule has 15 heavy (non-hydrogen) atoms. The van der Waals surface area contributed by atoms with Crippen molar-refractivity contribution in [2.24, 2.45) is 5.92 Å². The Labute approximate surface area is 96.0 Å². The van der Waals surface area contributed by atoms with E-state index in [1.54, 1.807) is 0 Å². The first kappa shape index (κ1) is 12.7. The normalized spacial score (nSPS) is 39.7. The summed E-state index contributed by atoms with van der Waals surface area (Å²) < 4.78 is 4.73. The van der Waals surface area contributed by atoms with E-state index < -0.39 is 6.10 Å². The highest BCUT2D eigenvalue weighted by atomic mass is 35.5. The van der Waals surface area contributed by atoms with Crippen LogP contribution in [-0.4, -0.2) is 48.3 Å². The maximum absolute atomic E-state index is 11.5. The first-order valence-electron chi connectivity index (χ1n) is 5.13.